The third kappa shape index (κ3) is 2.46. The van der Waals surface area contributed by atoms with E-state index in [9.17, 15) is 4.79 Å². The van der Waals surface area contributed by atoms with Crippen LogP contribution in [0.4, 0.5) is 5.69 Å². The number of carbonyl (C=O) groups excluding carboxylic acids is 1. The van der Waals surface area contributed by atoms with Crippen molar-refractivity contribution in [3.63, 3.8) is 0 Å². The van der Waals surface area contributed by atoms with Gasteiger partial charge < -0.3 is 9.64 Å². The van der Waals surface area contributed by atoms with Crippen LogP contribution in [0.1, 0.15) is 29.9 Å². The first-order chi connectivity index (χ1) is 10.2. The lowest BCUT2D eigenvalue weighted by Crippen LogP contribution is -2.36. The summed E-state index contributed by atoms with van der Waals surface area (Å²) in [7, 11) is 0. The van der Waals surface area contributed by atoms with E-state index in [-0.39, 0.29) is 11.9 Å². The molecule has 108 valence electrons. The average Bonchev–Trinajstić information content (AvgIpc) is 2.83. The van der Waals surface area contributed by atoms with Crippen molar-refractivity contribution in [3.05, 3.63) is 47.9 Å². The molecule has 0 bridgehead atoms. The molecule has 0 fully saturated rings. The number of fused-ring (bicyclic) bond motifs is 1. The van der Waals surface area contributed by atoms with Crippen molar-refractivity contribution in [2.24, 2.45) is 0 Å². The predicted octanol–water partition coefficient (Wildman–Crippen LogP) is 2.47. The maximum Gasteiger partial charge on any atom is 0.277 e. The van der Waals surface area contributed by atoms with Crippen LogP contribution < -0.4 is 9.64 Å². The molecule has 1 unspecified atom stereocenters. The third-order valence-corrected chi connectivity index (χ3v) is 3.58. The molecule has 0 N–H and O–H groups in total. The Bertz CT molecular complexity index is 672. The minimum atomic E-state index is -0.115. The summed E-state index contributed by atoms with van der Waals surface area (Å²) < 4.78 is 5.33. The van der Waals surface area contributed by atoms with Gasteiger partial charge in [0.2, 0.25) is 5.88 Å². The number of hydrogen-bond donors (Lipinski definition) is 0. The fourth-order valence-electron chi connectivity index (χ4n) is 2.68. The zero-order valence-electron chi connectivity index (χ0n) is 12.1. The highest BCUT2D eigenvalue weighted by molar-refractivity contribution is 6.06. The lowest BCUT2D eigenvalue weighted by atomic mass is 10.1. The van der Waals surface area contributed by atoms with E-state index in [1.165, 1.54) is 11.9 Å². The molecule has 21 heavy (non-hydrogen) atoms. The third-order valence-electron chi connectivity index (χ3n) is 3.58. The van der Waals surface area contributed by atoms with E-state index in [0.717, 1.165) is 12.1 Å². The van der Waals surface area contributed by atoms with Crippen LogP contribution in [0.15, 0.2) is 36.7 Å². The van der Waals surface area contributed by atoms with Crippen LogP contribution in [-0.4, -0.2) is 28.5 Å². The molecule has 1 aromatic heterocycles. The zero-order chi connectivity index (χ0) is 14.8. The molecule has 5 nitrogen and oxygen atoms in total. The van der Waals surface area contributed by atoms with Crippen LogP contribution in [-0.2, 0) is 6.42 Å². The van der Waals surface area contributed by atoms with E-state index in [4.69, 9.17) is 4.74 Å². The number of benzene rings is 1. The van der Waals surface area contributed by atoms with E-state index >= 15 is 0 Å². The highest BCUT2D eigenvalue weighted by Gasteiger charge is 2.32. The number of ether oxygens (including phenoxy) is 1. The van der Waals surface area contributed by atoms with E-state index in [2.05, 4.69) is 16.0 Å². The average molecular weight is 283 g/mol. The molecule has 1 amide bonds. The van der Waals surface area contributed by atoms with Crippen molar-refractivity contribution in [1.29, 1.82) is 0 Å². The van der Waals surface area contributed by atoms with Gasteiger partial charge in [-0.25, -0.2) is 9.97 Å². The molecule has 0 saturated heterocycles. The van der Waals surface area contributed by atoms with Gasteiger partial charge in [0, 0.05) is 17.8 Å². The van der Waals surface area contributed by atoms with Gasteiger partial charge in [0.05, 0.1) is 6.61 Å². The van der Waals surface area contributed by atoms with Gasteiger partial charge in [-0.1, -0.05) is 18.2 Å². The van der Waals surface area contributed by atoms with Gasteiger partial charge in [-0.15, -0.1) is 0 Å². The van der Waals surface area contributed by atoms with Crippen LogP contribution in [0.25, 0.3) is 0 Å². The summed E-state index contributed by atoms with van der Waals surface area (Å²) in [4.78, 5) is 22.6. The summed E-state index contributed by atoms with van der Waals surface area (Å²) in [5.74, 6) is 0.312. The van der Waals surface area contributed by atoms with Gasteiger partial charge in [-0.2, -0.15) is 0 Å². The number of carbonyl (C=O) groups is 1. The monoisotopic (exact) mass is 283 g/mol. The molecular weight excluding hydrogens is 266 g/mol. The number of para-hydroxylation sites is 1. The second-order valence-electron chi connectivity index (χ2n) is 5.03. The zero-order valence-corrected chi connectivity index (χ0v) is 12.1. The second kappa shape index (κ2) is 5.52. The van der Waals surface area contributed by atoms with E-state index in [0.29, 0.717) is 18.2 Å². The standard InChI is InChI=1S/C16H17N3O2/c1-3-21-15-9-13(17-10-18-15)16(20)19-11(2)8-12-6-4-5-7-14(12)19/h4-7,9-11H,3,8H2,1-2H3. The first-order valence-electron chi connectivity index (χ1n) is 7.07. The Balaban J connectivity index is 1.93. The Kier molecular flexibility index (Phi) is 3.56. The highest BCUT2D eigenvalue weighted by Crippen LogP contribution is 2.32. The fraction of sp³-hybridized carbons (Fsp3) is 0.312. The quantitative estimate of drug-likeness (QED) is 0.868. The first kappa shape index (κ1) is 13.5. The smallest absolute Gasteiger partial charge is 0.277 e. The van der Waals surface area contributed by atoms with Crippen molar-refractivity contribution >= 4 is 11.6 Å². The van der Waals surface area contributed by atoms with Gasteiger partial charge in [0.25, 0.3) is 5.91 Å². The van der Waals surface area contributed by atoms with Gasteiger partial charge >= 0.3 is 0 Å². The molecule has 0 saturated carbocycles. The van der Waals surface area contributed by atoms with Gasteiger partial charge in [-0.05, 0) is 31.9 Å². The van der Waals surface area contributed by atoms with E-state index in [1.54, 1.807) is 11.0 Å². The van der Waals surface area contributed by atoms with Crippen LogP contribution in [0.5, 0.6) is 5.88 Å². The van der Waals surface area contributed by atoms with Crippen LogP contribution in [0, 0.1) is 0 Å². The van der Waals surface area contributed by atoms with E-state index in [1.807, 2.05) is 32.0 Å². The van der Waals surface area contributed by atoms with Gasteiger partial charge in [-0.3, -0.25) is 4.79 Å². The molecule has 2 heterocycles. The van der Waals surface area contributed by atoms with Crippen LogP contribution in [0.3, 0.4) is 0 Å². The molecule has 0 aliphatic carbocycles. The van der Waals surface area contributed by atoms with Crippen molar-refractivity contribution < 1.29 is 9.53 Å². The number of rotatable bonds is 3. The fourth-order valence-corrected chi connectivity index (χ4v) is 2.68. The summed E-state index contributed by atoms with van der Waals surface area (Å²) in [6.07, 6.45) is 2.23. The summed E-state index contributed by atoms with van der Waals surface area (Å²) in [5.41, 5.74) is 2.51. The first-order valence-corrected chi connectivity index (χ1v) is 7.07. The lowest BCUT2D eigenvalue weighted by Gasteiger charge is -2.22. The minimum absolute atomic E-state index is 0.115. The molecule has 5 heteroatoms. The summed E-state index contributed by atoms with van der Waals surface area (Å²) in [6.45, 7) is 4.43. The Morgan fingerprint density at radius 1 is 1.38 bits per heavy atom. The van der Waals surface area contributed by atoms with Crippen molar-refractivity contribution in [2.45, 2.75) is 26.3 Å². The predicted molar refractivity (Wildman–Crippen MR) is 79.6 cm³/mol. The topological polar surface area (TPSA) is 55.3 Å². The number of anilines is 1. The summed E-state index contributed by atoms with van der Waals surface area (Å²) >= 11 is 0. The maximum absolute atomic E-state index is 12.8. The largest absolute Gasteiger partial charge is 0.478 e. The van der Waals surface area contributed by atoms with Crippen LogP contribution >= 0.6 is 0 Å². The number of aromatic nitrogens is 2. The van der Waals surface area contributed by atoms with Gasteiger partial charge in [0.15, 0.2) is 0 Å². The Morgan fingerprint density at radius 3 is 3.00 bits per heavy atom. The molecule has 3 rings (SSSR count). The summed E-state index contributed by atoms with van der Waals surface area (Å²) in [5, 5.41) is 0. The molecule has 1 atom stereocenters. The highest BCUT2D eigenvalue weighted by atomic mass is 16.5. The Morgan fingerprint density at radius 2 is 2.19 bits per heavy atom. The molecule has 1 aliphatic heterocycles. The normalized spacial score (nSPS) is 16.7. The Labute approximate surface area is 123 Å². The Hall–Kier alpha value is -2.43. The summed E-state index contributed by atoms with van der Waals surface area (Å²) in [6, 6.07) is 9.70. The maximum atomic E-state index is 12.8. The SMILES string of the molecule is CCOc1cc(C(=O)N2c3ccccc3CC2C)ncn1. The molecule has 1 aliphatic rings. The van der Waals surface area contributed by atoms with Crippen LogP contribution in [0.2, 0.25) is 0 Å². The van der Waals surface area contributed by atoms with E-state index < -0.39 is 0 Å². The number of amides is 1. The molecule has 0 radical (unpaired) electrons. The molecule has 2 aromatic rings. The number of hydrogen-bond acceptors (Lipinski definition) is 4. The van der Waals surface area contributed by atoms with Crippen molar-refractivity contribution in [3.8, 4) is 5.88 Å². The second-order valence-corrected chi connectivity index (χ2v) is 5.03. The van der Waals surface area contributed by atoms with Gasteiger partial charge in [0.1, 0.15) is 12.0 Å². The van der Waals surface area contributed by atoms with Crippen molar-refractivity contribution in [2.75, 3.05) is 11.5 Å². The number of nitrogens with zero attached hydrogens (tertiary/aromatic N) is 3. The minimum Gasteiger partial charge on any atom is -0.478 e. The van der Waals surface area contributed by atoms with Crippen molar-refractivity contribution in [1.82, 2.24) is 9.97 Å². The molecule has 1 aromatic carbocycles. The molecule has 0 spiro atoms. The molecular formula is C16H17N3O2. The lowest BCUT2D eigenvalue weighted by molar-refractivity contribution is 0.0976.